The van der Waals surface area contributed by atoms with E-state index in [1.807, 2.05) is 38.2 Å². The predicted molar refractivity (Wildman–Crippen MR) is 74.5 cm³/mol. The van der Waals surface area contributed by atoms with Crippen molar-refractivity contribution in [2.75, 3.05) is 46.9 Å². The number of likely N-dealkylation sites (N-methyl/N-ethyl adjacent to an activating group) is 2. The van der Waals surface area contributed by atoms with Gasteiger partial charge in [-0.3, -0.25) is 0 Å². The molecule has 4 heteroatoms. The molecular formula is C14H24N2O2. The highest BCUT2D eigenvalue weighted by atomic mass is 16.5. The number of hydrogen-bond donors (Lipinski definition) is 1. The van der Waals surface area contributed by atoms with Gasteiger partial charge in [0.25, 0.3) is 0 Å². The van der Waals surface area contributed by atoms with Crippen molar-refractivity contribution in [3.05, 3.63) is 24.3 Å². The zero-order valence-corrected chi connectivity index (χ0v) is 11.6. The lowest BCUT2D eigenvalue weighted by molar-refractivity contribution is 0.227. The molecule has 0 bridgehead atoms. The van der Waals surface area contributed by atoms with E-state index in [4.69, 9.17) is 9.47 Å². The van der Waals surface area contributed by atoms with Gasteiger partial charge in [0.15, 0.2) is 11.5 Å². The molecule has 0 saturated carbocycles. The Morgan fingerprint density at radius 2 is 1.78 bits per heavy atom. The van der Waals surface area contributed by atoms with Crippen molar-refractivity contribution < 1.29 is 9.47 Å². The number of benzene rings is 1. The van der Waals surface area contributed by atoms with Crippen LogP contribution in [0, 0.1) is 0 Å². The van der Waals surface area contributed by atoms with Crippen LogP contribution in [0.4, 0.5) is 0 Å². The lowest BCUT2D eigenvalue weighted by atomic mass is 10.3. The predicted octanol–water partition coefficient (Wildman–Crippen LogP) is 1.62. The van der Waals surface area contributed by atoms with Crippen LogP contribution in [0.2, 0.25) is 0 Å². The van der Waals surface area contributed by atoms with Gasteiger partial charge in [0.2, 0.25) is 0 Å². The highest BCUT2D eigenvalue weighted by Gasteiger charge is 2.04. The molecule has 1 rings (SSSR count). The van der Waals surface area contributed by atoms with Crippen LogP contribution in [-0.2, 0) is 0 Å². The molecule has 0 saturated heterocycles. The van der Waals surface area contributed by atoms with Gasteiger partial charge in [0, 0.05) is 19.6 Å². The van der Waals surface area contributed by atoms with E-state index in [-0.39, 0.29) is 0 Å². The average molecular weight is 252 g/mol. The molecule has 1 aromatic carbocycles. The molecule has 18 heavy (non-hydrogen) atoms. The Labute approximate surface area is 110 Å². The monoisotopic (exact) mass is 252 g/mol. The van der Waals surface area contributed by atoms with E-state index in [0.29, 0.717) is 13.2 Å². The molecule has 0 amide bonds. The fourth-order valence-corrected chi connectivity index (χ4v) is 1.57. The van der Waals surface area contributed by atoms with Crippen LogP contribution in [0.3, 0.4) is 0 Å². The molecule has 0 radical (unpaired) electrons. The summed E-state index contributed by atoms with van der Waals surface area (Å²) in [5, 5.41) is 3.13. The second-order valence-corrected chi connectivity index (χ2v) is 4.14. The van der Waals surface area contributed by atoms with Crippen LogP contribution in [0.15, 0.2) is 24.3 Å². The summed E-state index contributed by atoms with van der Waals surface area (Å²) in [6, 6.07) is 7.79. The summed E-state index contributed by atoms with van der Waals surface area (Å²) >= 11 is 0. The number of ether oxygens (including phenoxy) is 2. The first-order valence-corrected chi connectivity index (χ1v) is 6.45. The van der Waals surface area contributed by atoms with Crippen LogP contribution in [-0.4, -0.2) is 51.8 Å². The van der Waals surface area contributed by atoms with E-state index in [9.17, 15) is 0 Å². The summed E-state index contributed by atoms with van der Waals surface area (Å²) in [4.78, 5) is 2.24. The van der Waals surface area contributed by atoms with Gasteiger partial charge in [-0.15, -0.1) is 0 Å². The SMILES string of the molecule is CCOc1ccccc1OCCN(C)CCNC. The molecule has 0 spiro atoms. The Balaban J connectivity index is 2.34. The molecule has 0 heterocycles. The number of nitrogens with zero attached hydrogens (tertiary/aromatic N) is 1. The third-order valence-electron chi connectivity index (χ3n) is 2.62. The highest BCUT2D eigenvalue weighted by molar-refractivity contribution is 5.39. The molecule has 1 aromatic rings. The number of para-hydroxylation sites is 2. The quantitative estimate of drug-likeness (QED) is 0.724. The molecule has 4 nitrogen and oxygen atoms in total. The van der Waals surface area contributed by atoms with Crippen molar-refractivity contribution in [3.8, 4) is 11.5 Å². The second-order valence-electron chi connectivity index (χ2n) is 4.14. The van der Waals surface area contributed by atoms with E-state index in [1.165, 1.54) is 0 Å². The minimum Gasteiger partial charge on any atom is -0.490 e. The summed E-state index contributed by atoms with van der Waals surface area (Å²) in [7, 11) is 4.05. The molecular weight excluding hydrogens is 228 g/mol. The largest absolute Gasteiger partial charge is 0.490 e. The summed E-state index contributed by atoms with van der Waals surface area (Å²) < 4.78 is 11.3. The molecule has 0 aliphatic rings. The molecule has 0 aliphatic carbocycles. The van der Waals surface area contributed by atoms with Crippen molar-refractivity contribution in [1.82, 2.24) is 10.2 Å². The second kappa shape index (κ2) is 8.78. The van der Waals surface area contributed by atoms with Gasteiger partial charge in [0.1, 0.15) is 6.61 Å². The van der Waals surface area contributed by atoms with Gasteiger partial charge in [-0.2, -0.15) is 0 Å². The molecule has 0 fully saturated rings. The summed E-state index contributed by atoms with van der Waals surface area (Å²) in [6.45, 7) is 6.22. The molecule has 1 N–H and O–H groups in total. The number of nitrogens with one attached hydrogen (secondary N) is 1. The summed E-state index contributed by atoms with van der Waals surface area (Å²) in [5.74, 6) is 1.64. The topological polar surface area (TPSA) is 33.7 Å². The lowest BCUT2D eigenvalue weighted by Gasteiger charge is -2.17. The molecule has 0 unspecified atom stereocenters. The van der Waals surface area contributed by atoms with Crippen molar-refractivity contribution in [1.29, 1.82) is 0 Å². The minimum atomic E-state index is 0.655. The molecule has 0 atom stereocenters. The lowest BCUT2D eigenvalue weighted by Crippen LogP contribution is -2.30. The minimum absolute atomic E-state index is 0.655. The molecule has 0 aliphatic heterocycles. The number of rotatable bonds is 9. The third kappa shape index (κ3) is 5.38. The maximum Gasteiger partial charge on any atom is 0.161 e. The third-order valence-corrected chi connectivity index (χ3v) is 2.62. The first-order chi connectivity index (χ1) is 8.77. The summed E-state index contributed by atoms with van der Waals surface area (Å²) in [6.07, 6.45) is 0. The van der Waals surface area contributed by atoms with Crippen molar-refractivity contribution in [2.24, 2.45) is 0 Å². The Kier molecular flexibility index (Phi) is 7.22. The smallest absolute Gasteiger partial charge is 0.161 e. The van der Waals surface area contributed by atoms with Gasteiger partial charge in [-0.05, 0) is 33.2 Å². The molecule has 102 valence electrons. The van der Waals surface area contributed by atoms with Crippen LogP contribution in [0.1, 0.15) is 6.92 Å². The Morgan fingerprint density at radius 3 is 2.39 bits per heavy atom. The standard InChI is InChI=1S/C14H24N2O2/c1-4-17-13-7-5-6-8-14(13)18-12-11-16(3)10-9-15-2/h5-8,15H,4,9-12H2,1-3H3. The zero-order valence-electron chi connectivity index (χ0n) is 11.6. The van der Waals surface area contributed by atoms with Crippen molar-refractivity contribution >= 4 is 0 Å². The van der Waals surface area contributed by atoms with Crippen molar-refractivity contribution in [2.45, 2.75) is 6.92 Å². The van der Waals surface area contributed by atoms with Crippen LogP contribution < -0.4 is 14.8 Å². The number of hydrogen-bond acceptors (Lipinski definition) is 4. The van der Waals surface area contributed by atoms with E-state index >= 15 is 0 Å². The highest BCUT2D eigenvalue weighted by Crippen LogP contribution is 2.26. The Hall–Kier alpha value is -1.26. The first-order valence-electron chi connectivity index (χ1n) is 6.45. The van der Waals surface area contributed by atoms with Crippen LogP contribution in [0.25, 0.3) is 0 Å². The van der Waals surface area contributed by atoms with Gasteiger partial charge in [0.05, 0.1) is 6.61 Å². The van der Waals surface area contributed by atoms with Gasteiger partial charge >= 0.3 is 0 Å². The first kappa shape index (κ1) is 14.8. The van der Waals surface area contributed by atoms with Crippen LogP contribution >= 0.6 is 0 Å². The summed E-state index contributed by atoms with van der Waals surface area (Å²) in [5.41, 5.74) is 0. The van der Waals surface area contributed by atoms with Gasteiger partial charge in [-0.25, -0.2) is 0 Å². The fourth-order valence-electron chi connectivity index (χ4n) is 1.57. The van der Waals surface area contributed by atoms with Gasteiger partial charge in [-0.1, -0.05) is 12.1 Å². The maximum atomic E-state index is 5.75. The molecule has 0 aromatic heterocycles. The Bertz CT molecular complexity index is 331. The maximum absolute atomic E-state index is 5.75. The van der Waals surface area contributed by atoms with E-state index in [1.54, 1.807) is 0 Å². The van der Waals surface area contributed by atoms with Crippen LogP contribution in [0.5, 0.6) is 11.5 Å². The normalized spacial score (nSPS) is 10.7. The Morgan fingerprint density at radius 1 is 1.11 bits per heavy atom. The zero-order chi connectivity index (χ0) is 13.2. The fraction of sp³-hybridized carbons (Fsp3) is 0.571. The average Bonchev–Trinajstić information content (AvgIpc) is 2.38. The van der Waals surface area contributed by atoms with E-state index < -0.39 is 0 Å². The van der Waals surface area contributed by atoms with E-state index in [2.05, 4.69) is 17.3 Å². The van der Waals surface area contributed by atoms with Gasteiger partial charge < -0.3 is 19.7 Å². The van der Waals surface area contributed by atoms with Crippen molar-refractivity contribution in [3.63, 3.8) is 0 Å². The van der Waals surface area contributed by atoms with E-state index in [0.717, 1.165) is 31.1 Å².